The van der Waals surface area contributed by atoms with Gasteiger partial charge >= 0.3 is 0 Å². The van der Waals surface area contributed by atoms with E-state index in [0.717, 1.165) is 12.0 Å². The fraction of sp³-hybridized carbons (Fsp3) is 0.667. The molecule has 1 aromatic rings. The minimum absolute atomic E-state index is 0.573. The normalized spacial score (nSPS) is 15.7. The Hall–Kier alpha value is -0.870. The Labute approximate surface area is 77.8 Å². The second kappa shape index (κ2) is 4.39. The van der Waals surface area contributed by atoms with E-state index in [1.54, 1.807) is 17.8 Å². The Kier molecular flexibility index (Phi) is 3.45. The van der Waals surface area contributed by atoms with Gasteiger partial charge in [-0.25, -0.2) is 0 Å². The summed E-state index contributed by atoms with van der Waals surface area (Å²) in [6.45, 7) is 1.59. The summed E-state index contributed by atoms with van der Waals surface area (Å²) in [6.07, 6.45) is 3.71. The van der Waals surface area contributed by atoms with Gasteiger partial charge < -0.3 is 10.2 Å². The minimum atomic E-state index is -0.656. The van der Waals surface area contributed by atoms with E-state index >= 15 is 0 Å². The van der Waals surface area contributed by atoms with Crippen molar-refractivity contribution in [2.24, 2.45) is 7.05 Å². The van der Waals surface area contributed by atoms with E-state index in [4.69, 9.17) is 5.11 Å². The summed E-state index contributed by atoms with van der Waals surface area (Å²) < 4.78 is 1.73. The second-order valence-corrected chi connectivity index (χ2v) is 3.37. The summed E-state index contributed by atoms with van der Waals surface area (Å²) in [6, 6.07) is 0. The number of aliphatic hydroxyl groups is 2. The lowest BCUT2D eigenvalue weighted by atomic mass is 10.1. The summed E-state index contributed by atoms with van der Waals surface area (Å²) in [7, 11) is 1.86. The van der Waals surface area contributed by atoms with E-state index in [0.29, 0.717) is 6.42 Å². The molecular weight excluding hydrogens is 168 g/mol. The van der Waals surface area contributed by atoms with Gasteiger partial charge in [0.25, 0.3) is 0 Å². The average molecular weight is 184 g/mol. The molecule has 0 aliphatic heterocycles. The Morgan fingerprint density at radius 3 is 2.69 bits per heavy atom. The standard InChI is InChI=1S/C9H16N2O2/c1-7(12)9(13)4-3-8-5-10-11(2)6-8/h5-7,9,12-13H,3-4H2,1-2H3. The molecule has 74 valence electrons. The summed E-state index contributed by atoms with van der Waals surface area (Å²) in [4.78, 5) is 0. The Bertz CT molecular complexity index is 258. The third kappa shape index (κ3) is 3.16. The van der Waals surface area contributed by atoms with Crippen LogP contribution in [-0.2, 0) is 13.5 Å². The molecule has 2 unspecified atom stereocenters. The number of aromatic nitrogens is 2. The highest BCUT2D eigenvalue weighted by Crippen LogP contribution is 2.06. The third-order valence-electron chi connectivity index (χ3n) is 2.04. The van der Waals surface area contributed by atoms with Crippen LogP contribution in [0.1, 0.15) is 18.9 Å². The maximum Gasteiger partial charge on any atom is 0.0799 e. The molecular formula is C9H16N2O2. The van der Waals surface area contributed by atoms with Crippen LogP contribution in [-0.4, -0.2) is 32.2 Å². The third-order valence-corrected chi connectivity index (χ3v) is 2.04. The fourth-order valence-electron chi connectivity index (χ4n) is 1.16. The zero-order valence-corrected chi connectivity index (χ0v) is 8.01. The van der Waals surface area contributed by atoms with Crippen LogP contribution in [0.15, 0.2) is 12.4 Å². The maximum atomic E-state index is 9.32. The monoisotopic (exact) mass is 184 g/mol. The second-order valence-electron chi connectivity index (χ2n) is 3.37. The van der Waals surface area contributed by atoms with E-state index in [9.17, 15) is 5.11 Å². The predicted octanol–water partition coefficient (Wildman–Crippen LogP) is 0.0944. The molecule has 1 rings (SSSR count). The Morgan fingerprint density at radius 2 is 2.23 bits per heavy atom. The molecule has 0 amide bonds. The Morgan fingerprint density at radius 1 is 1.54 bits per heavy atom. The molecule has 0 spiro atoms. The molecule has 13 heavy (non-hydrogen) atoms. The SMILES string of the molecule is CC(O)C(O)CCc1cnn(C)c1. The molecule has 4 nitrogen and oxygen atoms in total. The van der Waals surface area contributed by atoms with Gasteiger partial charge in [0.2, 0.25) is 0 Å². The van der Waals surface area contributed by atoms with Gasteiger partial charge in [-0.15, -0.1) is 0 Å². The predicted molar refractivity (Wildman–Crippen MR) is 49.2 cm³/mol. The minimum Gasteiger partial charge on any atom is -0.391 e. The lowest BCUT2D eigenvalue weighted by molar-refractivity contribution is 0.0265. The van der Waals surface area contributed by atoms with Crippen molar-refractivity contribution in [3.8, 4) is 0 Å². The molecule has 0 aliphatic rings. The van der Waals surface area contributed by atoms with Crippen molar-refractivity contribution in [1.29, 1.82) is 0 Å². The van der Waals surface area contributed by atoms with Crippen molar-refractivity contribution in [2.75, 3.05) is 0 Å². The first-order chi connectivity index (χ1) is 6.09. The number of nitrogens with zero attached hydrogens (tertiary/aromatic N) is 2. The first-order valence-electron chi connectivity index (χ1n) is 4.43. The van der Waals surface area contributed by atoms with Crippen LogP contribution in [0.25, 0.3) is 0 Å². The highest BCUT2D eigenvalue weighted by Gasteiger charge is 2.10. The van der Waals surface area contributed by atoms with Crippen LogP contribution >= 0.6 is 0 Å². The van der Waals surface area contributed by atoms with Crippen molar-refractivity contribution in [3.63, 3.8) is 0 Å². The van der Waals surface area contributed by atoms with Gasteiger partial charge in [-0.1, -0.05) is 0 Å². The summed E-state index contributed by atoms with van der Waals surface area (Å²) in [5.41, 5.74) is 1.09. The summed E-state index contributed by atoms with van der Waals surface area (Å²) in [5.74, 6) is 0. The number of aliphatic hydroxyl groups excluding tert-OH is 2. The number of hydrogen-bond acceptors (Lipinski definition) is 3. The molecule has 1 heterocycles. The van der Waals surface area contributed by atoms with Crippen LogP contribution in [0, 0.1) is 0 Å². The molecule has 1 aromatic heterocycles. The lowest BCUT2D eigenvalue weighted by Crippen LogP contribution is -2.22. The zero-order valence-electron chi connectivity index (χ0n) is 8.01. The first kappa shape index (κ1) is 10.2. The molecule has 2 N–H and O–H groups in total. The van der Waals surface area contributed by atoms with Crippen molar-refractivity contribution in [2.45, 2.75) is 32.0 Å². The van der Waals surface area contributed by atoms with Crippen LogP contribution < -0.4 is 0 Å². The van der Waals surface area contributed by atoms with Crippen molar-refractivity contribution in [1.82, 2.24) is 9.78 Å². The number of aryl methyl sites for hydroxylation is 2. The number of rotatable bonds is 4. The molecule has 0 saturated carbocycles. The lowest BCUT2D eigenvalue weighted by Gasteiger charge is -2.11. The molecule has 2 atom stereocenters. The molecule has 0 aliphatic carbocycles. The molecule has 0 radical (unpaired) electrons. The quantitative estimate of drug-likeness (QED) is 0.697. The van der Waals surface area contributed by atoms with Gasteiger partial charge in [-0.3, -0.25) is 4.68 Å². The van der Waals surface area contributed by atoms with Gasteiger partial charge in [0.05, 0.1) is 18.4 Å². The van der Waals surface area contributed by atoms with Crippen LogP contribution in [0.5, 0.6) is 0 Å². The van der Waals surface area contributed by atoms with E-state index in [2.05, 4.69) is 5.10 Å². The summed E-state index contributed by atoms with van der Waals surface area (Å²) in [5, 5.41) is 22.4. The molecule has 0 fully saturated rings. The largest absolute Gasteiger partial charge is 0.391 e. The first-order valence-corrected chi connectivity index (χ1v) is 4.43. The maximum absolute atomic E-state index is 9.32. The van der Waals surface area contributed by atoms with Gasteiger partial charge in [-0.2, -0.15) is 5.10 Å². The fourth-order valence-corrected chi connectivity index (χ4v) is 1.16. The average Bonchev–Trinajstić information content (AvgIpc) is 2.47. The zero-order chi connectivity index (χ0) is 9.84. The van der Waals surface area contributed by atoms with Crippen molar-refractivity contribution >= 4 is 0 Å². The molecule has 4 heteroatoms. The topological polar surface area (TPSA) is 58.3 Å². The van der Waals surface area contributed by atoms with Gasteiger partial charge in [0.1, 0.15) is 0 Å². The van der Waals surface area contributed by atoms with E-state index in [-0.39, 0.29) is 0 Å². The van der Waals surface area contributed by atoms with Gasteiger partial charge in [0.15, 0.2) is 0 Å². The number of hydrogen-bond donors (Lipinski definition) is 2. The highest BCUT2D eigenvalue weighted by molar-refractivity contribution is 5.03. The van der Waals surface area contributed by atoms with Crippen LogP contribution in [0.2, 0.25) is 0 Å². The molecule has 0 aromatic carbocycles. The van der Waals surface area contributed by atoms with Crippen molar-refractivity contribution in [3.05, 3.63) is 18.0 Å². The van der Waals surface area contributed by atoms with Crippen LogP contribution in [0.3, 0.4) is 0 Å². The van der Waals surface area contributed by atoms with Crippen LogP contribution in [0.4, 0.5) is 0 Å². The molecule has 0 bridgehead atoms. The molecule has 0 saturated heterocycles. The smallest absolute Gasteiger partial charge is 0.0799 e. The van der Waals surface area contributed by atoms with Crippen molar-refractivity contribution < 1.29 is 10.2 Å². The van der Waals surface area contributed by atoms with E-state index in [1.165, 1.54) is 0 Å². The van der Waals surface area contributed by atoms with Gasteiger partial charge in [-0.05, 0) is 25.3 Å². The summed E-state index contributed by atoms with van der Waals surface area (Å²) >= 11 is 0. The highest BCUT2D eigenvalue weighted by atomic mass is 16.3. The van der Waals surface area contributed by atoms with E-state index in [1.807, 2.05) is 13.2 Å². The Balaban J connectivity index is 2.35. The van der Waals surface area contributed by atoms with E-state index < -0.39 is 12.2 Å². The van der Waals surface area contributed by atoms with Gasteiger partial charge in [0, 0.05) is 13.2 Å².